The van der Waals surface area contributed by atoms with E-state index in [1.54, 1.807) is 30.0 Å². The summed E-state index contributed by atoms with van der Waals surface area (Å²) in [5, 5.41) is 4.17. The van der Waals surface area contributed by atoms with Crippen LogP contribution in [0, 0.1) is 12.7 Å². The Morgan fingerprint density at radius 3 is 2.60 bits per heavy atom. The first kappa shape index (κ1) is 17.4. The standard InChI is InChI=1S/C17H18ClFN4O2/c1-12-2-5-16(24)23(20-12)11-17(25)22-8-6-21(7-9-22)13-3-4-15(19)14(18)10-13/h2-5,10H,6-9,11H2,1H3. The second-order valence-electron chi connectivity index (χ2n) is 5.94. The van der Waals surface area contributed by atoms with E-state index in [9.17, 15) is 14.0 Å². The van der Waals surface area contributed by atoms with Gasteiger partial charge in [-0.3, -0.25) is 9.59 Å². The van der Waals surface area contributed by atoms with Crippen LogP contribution in [0.2, 0.25) is 5.02 Å². The van der Waals surface area contributed by atoms with Gasteiger partial charge in [0.1, 0.15) is 12.4 Å². The van der Waals surface area contributed by atoms with Crippen molar-refractivity contribution in [1.29, 1.82) is 0 Å². The van der Waals surface area contributed by atoms with Gasteiger partial charge in [0, 0.05) is 37.9 Å². The van der Waals surface area contributed by atoms with Crippen LogP contribution in [0.4, 0.5) is 10.1 Å². The number of carbonyl (C=O) groups excluding carboxylic acids is 1. The van der Waals surface area contributed by atoms with Gasteiger partial charge in [0.25, 0.3) is 5.56 Å². The van der Waals surface area contributed by atoms with Crippen molar-refractivity contribution in [3.05, 3.63) is 57.2 Å². The molecule has 1 amide bonds. The molecule has 3 rings (SSSR count). The lowest BCUT2D eigenvalue weighted by Crippen LogP contribution is -2.50. The molecule has 0 saturated carbocycles. The fourth-order valence-corrected chi connectivity index (χ4v) is 2.96. The number of carbonyl (C=O) groups is 1. The zero-order valence-electron chi connectivity index (χ0n) is 13.8. The third-order valence-corrected chi connectivity index (χ3v) is 4.48. The molecule has 1 saturated heterocycles. The molecule has 0 bridgehead atoms. The average molecular weight is 365 g/mol. The summed E-state index contributed by atoms with van der Waals surface area (Å²) in [6.45, 7) is 3.98. The topological polar surface area (TPSA) is 58.4 Å². The van der Waals surface area contributed by atoms with E-state index in [1.165, 1.54) is 16.8 Å². The van der Waals surface area contributed by atoms with Crippen molar-refractivity contribution in [1.82, 2.24) is 14.7 Å². The van der Waals surface area contributed by atoms with Gasteiger partial charge in [-0.1, -0.05) is 11.6 Å². The molecule has 1 aliphatic heterocycles. The van der Waals surface area contributed by atoms with Crippen molar-refractivity contribution in [2.24, 2.45) is 0 Å². The van der Waals surface area contributed by atoms with Gasteiger partial charge in [-0.15, -0.1) is 0 Å². The lowest BCUT2D eigenvalue weighted by Gasteiger charge is -2.36. The van der Waals surface area contributed by atoms with E-state index in [-0.39, 0.29) is 23.0 Å². The molecule has 8 heteroatoms. The second kappa shape index (κ2) is 7.23. The van der Waals surface area contributed by atoms with Crippen molar-refractivity contribution in [2.75, 3.05) is 31.1 Å². The summed E-state index contributed by atoms with van der Waals surface area (Å²) in [5.74, 6) is -0.590. The first-order valence-corrected chi connectivity index (χ1v) is 8.34. The van der Waals surface area contributed by atoms with Crippen LogP contribution in [0.25, 0.3) is 0 Å². The minimum atomic E-state index is -0.449. The summed E-state index contributed by atoms with van der Waals surface area (Å²) in [6, 6.07) is 7.63. The summed E-state index contributed by atoms with van der Waals surface area (Å²) in [6.07, 6.45) is 0. The van der Waals surface area contributed by atoms with Crippen molar-refractivity contribution in [3.8, 4) is 0 Å². The molecule has 0 radical (unpaired) electrons. The van der Waals surface area contributed by atoms with Crippen molar-refractivity contribution < 1.29 is 9.18 Å². The SMILES string of the molecule is Cc1ccc(=O)n(CC(=O)N2CCN(c3ccc(F)c(Cl)c3)CC2)n1. The minimum absolute atomic E-state index is 0.0666. The first-order valence-electron chi connectivity index (χ1n) is 7.96. The second-order valence-corrected chi connectivity index (χ2v) is 6.34. The normalized spacial score (nSPS) is 14.7. The van der Waals surface area contributed by atoms with Crippen LogP contribution in [-0.4, -0.2) is 46.8 Å². The van der Waals surface area contributed by atoms with Crippen LogP contribution in [-0.2, 0) is 11.3 Å². The maximum atomic E-state index is 13.3. The number of anilines is 1. The van der Waals surface area contributed by atoms with Crippen LogP contribution < -0.4 is 10.5 Å². The number of halogens is 2. The third kappa shape index (κ3) is 3.99. The first-order chi connectivity index (χ1) is 11.9. The van der Waals surface area contributed by atoms with Crippen LogP contribution in [0.1, 0.15) is 5.69 Å². The number of hydrogen-bond acceptors (Lipinski definition) is 4. The molecular formula is C17H18ClFN4O2. The van der Waals surface area contributed by atoms with Crippen molar-refractivity contribution in [3.63, 3.8) is 0 Å². The molecule has 1 aromatic heterocycles. The largest absolute Gasteiger partial charge is 0.368 e. The number of rotatable bonds is 3. The van der Waals surface area contributed by atoms with Gasteiger partial charge in [0.05, 0.1) is 10.7 Å². The number of amides is 1. The number of hydrogen-bond donors (Lipinski definition) is 0. The van der Waals surface area contributed by atoms with E-state index in [1.807, 2.05) is 4.90 Å². The minimum Gasteiger partial charge on any atom is -0.368 e. The molecule has 0 N–H and O–H groups in total. The highest BCUT2D eigenvalue weighted by molar-refractivity contribution is 6.31. The average Bonchev–Trinajstić information content (AvgIpc) is 2.60. The number of nitrogens with zero attached hydrogens (tertiary/aromatic N) is 4. The van der Waals surface area contributed by atoms with Crippen LogP contribution in [0.5, 0.6) is 0 Å². The molecule has 0 spiro atoms. The molecule has 6 nitrogen and oxygen atoms in total. The number of aromatic nitrogens is 2. The molecule has 0 aliphatic carbocycles. The summed E-state index contributed by atoms with van der Waals surface area (Å²) in [5.41, 5.74) is 1.22. The third-order valence-electron chi connectivity index (χ3n) is 4.19. The van der Waals surface area contributed by atoms with Gasteiger partial charge in [0.15, 0.2) is 0 Å². The molecule has 132 valence electrons. The van der Waals surface area contributed by atoms with Gasteiger partial charge >= 0.3 is 0 Å². The Morgan fingerprint density at radius 2 is 1.92 bits per heavy atom. The van der Waals surface area contributed by atoms with Gasteiger partial charge in [-0.2, -0.15) is 5.10 Å². The summed E-state index contributed by atoms with van der Waals surface area (Å²) in [4.78, 5) is 27.9. The van der Waals surface area contributed by atoms with Crippen LogP contribution >= 0.6 is 11.6 Å². The smallest absolute Gasteiger partial charge is 0.267 e. The predicted molar refractivity (Wildman–Crippen MR) is 93.4 cm³/mol. The van der Waals surface area contributed by atoms with E-state index in [2.05, 4.69) is 5.10 Å². The van der Waals surface area contributed by atoms with E-state index in [0.717, 1.165) is 5.69 Å². The Hall–Kier alpha value is -2.41. The van der Waals surface area contributed by atoms with Crippen LogP contribution in [0.3, 0.4) is 0 Å². The molecule has 2 aromatic rings. The number of aryl methyl sites for hydroxylation is 1. The zero-order valence-corrected chi connectivity index (χ0v) is 14.5. The number of piperazine rings is 1. The Labute approximate surface area is 149 Å². The van der Waals surface area contributed by atoms with Gasteiger partial charge < -0.3 is 9.80 Å². The van der Waals surface area contributed by atoms with E-state index < -0.39 is 5.82 Å². The Bertz CT molecular complexity index is 847. The zero-order chi connectivity index (χ0) is 18.0. The van der Waals surface area contributed by atoms with E-state index in [0.29, 0.717) is 31.9 Å². The maximum absolute atomic E-state index is 13.3. The Balaban J connectivity index is 1.61. The van der Waals surface area contributed by atoms with E-state index >= 15 is 0 Å². The quantitative estimate of drug-likeness (QED) is 0.831. The van der Waals surface area contributed by atoms with Crippen LogP contribution in [0.15, 0.2) is 35.1 Å². The molecule has 2 heterocycles. The van der Waals surface area contributed by atoms with Gasteiger partial charge in [-0.05, 0) is 31.2 Å². The summed E-state index contributed by atoms with van der Waals surface area (Å²) in [7, 11) is 0. The highest BCUT2D eigenvalue weighted by Crippen LogP contribution is 2.23. The van der Waals surface area contributed by atoms with Gasteiger partial charge in [-0.25, -0.2) is 9.07 Å². The molecule has 0 atom stereocenters. The van der Waals surface area contributed by atoms with Crippen molar-refractivity contribution >= 4 is 23.2 Å². The molecule has 1 aliphatic rings. The molecule has 25 heavy (non-hydrogen) atoms. The van der Waals surface area contributed by atoms with Gasteiger partial charge in [0.2, 0.25) is 5.91 Å². The highest BCUT2D eigenvalue weighted by Gasteiger charge is 2.22. The fraction of sp³-hybridized carbons (Fsp3) is 0.353. The lowest BCUT2D eigenvalue weighted by molar-refractivity contribution is -0.132. The summed E-state index contributed by atoms with van der Waals surface area (Å²) < 4.78 is 14.4. The predicted octanol–water partition coefficient (Wildman–Crippen LogP) is 1.69. The summed E-state index contributed by atoms with van der Waals surface area (Å²) >= 11 is 5.82. The lowest BCUT2D eigenvalue weighted by atomic mass is 10.2. The molecule has 1 fully saturated rings. The maximum Gasteiger partial charge on any atom is 0.267 e. The molecular weight excluding hydrogens is 347 g/mol. The molecule has 1 aromatic carbocycles. The number of benzene rings is 1. The monoisotopic (exact) mass is 364 g/mol. The Kier molecular flexibility index (Phi) is 5.03. The van der Waals surface area contributed by atoms with E-state index in [4.69, 9.17) is 11.6 Å². The molecule has 0 unspecified atom stereocenters. The van der Waals surface area contributed by atoms with Crippen molar-refractivity contribution in [2.45, 2.75) is 13.5 Å². The highest BCUT2D eigenvalue weighted by atomic mass is 35.5. The Morgan fingerprint density at radius 1 is 1.20 bits per heavy atom. The fourth-order valence-electron chi connectivity index (χ4n) is 2.79.